The van der Waals surface area contributed by atoms with Crippen LogP contribution in [-0.2, 0) is 16.0 Å². The molecule has 2 amide bonds. The molecule has 2 N–H and O–H groups in total. The largest absolute Gasteiger partial charge is 0.492 e. The molecular weight excluding hydrogens is 320 g/mol. The average molecular weight is 340 g/mol. The third-order valence-electron chi connectivity index (χ3n) is 4.04. The number of rotatable bonds is 7. The summed E-state index contributed by atoms with van der Waals surface area (Å²) >= 11 is 0. The Balaban J connectivity index is 1.48. The van der Waals surface area contributed by atoms with Gasteiger partial charge >= 0.3 is 0 Å². The van der Waals surface area contributed by atoms with Crippen molar-refractivity contribution in [2.45, 2.75) is 6.42 Å². The first-order valence-corrected chi connectivity index (χ1v) is 8.07. The third kappa shape index (κ3) is 4.26. The Bertz CT molecular complexity index is 718. The zero-order valence-electron chi connectivity index (χ0n) is 13.9. The number of aromatic nitrogens is 1. The van der Waals surface area contributed by atoms with Crippen LogP contribution in [0.25, 0.3) is 0 Å². The standard InChI is InChI=1S/C18H20N4O3/c1-22(16-4-2-3-9-19-16)10-11-25-14-7-5-13(6-8-14)12-15-17(23)20-21-18(15)24/h2-9,15H,10-12H2,1H3,(H,20,23)(H,21,24). The van der Waals surface area contributed by atoms with E-state index in [9.17, 15) is 9.59 Å². The fraction of sp³-hybridized carbons (Fsp3) is 0.278. The van der Waals surface area contributed by atoms with Crippen LogP contribution in [0.2, 0.25) is 0 Å². The minimum atomic E-state index is -0.668. The van der Waals surface area contributed by atoms with Crippen molar-refractivity contribution in [1.82, 2.24) is 15.8 Å². The van der Waals surface area contributed by atoms with E-state index in [4.69, 9.17) is 4.74 Å². The number of carbonyl (C=O) groups is 2. The molecule has 0 bridgehead atoms. The average Bonchev–Trinajstić information content (AvgIpc) is 2.96. The summed E-state index contributed by atoms with van der Waals surface area (Å²) in [7, 11) is 1.96. The Morgan fingerprint density at radius 1 is 1.08 bits per heavy atom. The molecule has 2 heterocycles. The van der Waals surface area contributed by atoms with E-state index in [2.05, 4.69) is 15.8 Å². The zero-order valence-corrected chi connectivity index (χ0v) is 13.9. The van der Waals surface area contributed by atoms with Gasteiger partial charge in [0.2, 0.25) is 0 Å². The molecule has 0 atom stereocenters. The first-order chi connectivity index (χ1) is 12.1. The molecule has 0 radical (unpaired) electrons. The lowest BCUT2D eigenvalue weighted by atomic mass is 9.99. The van der Waals surface area contributed by atoms with Gasteiger partial charge in [-0.1, -0.05) is 18.2 Å². The molecule has 0 spiro atoms. The number of anilines is 1. The van der Waals surface area contributed by atoms with Crippen LogP contribution in [0.1, 0.15) is 5.56 Å². The van der Waals surface area contributed by atoms with Gasteiger partial charge < -0.3 is 9.64 Å². The number of nitrogens with zero attached hydrogens (tertiary/aromatic N) is 2. The van der Waals surface area contributed by atoms with Gasteiger partial charge in [0.25, 0.3) is 11.8 Å². The lowest BCUT2D eigenvalue weighted by molar-refractivity contribution is -0.127. The SMILES string of the molecule is CN(CCOc1ccc(CC2C(=O)NNC2=O)cc1)c1ccccn1. The highest BCUT2D eigenvalue weighted by molar-refractivity contribution is 6.05. The van der Waals surface area contributed by atoms with Crippen LogP contribution in [0, 0.1) is 5.92 Å². The van der Waals surface area contributed by atoms with Gasteiger partial charge in [0.05, 0.1) is 6.54 Å². The molecule has 7 heteroatoms. The lowest BCUT2D eigenvalue weighted by Crippen LogP contribution is -2.28. The molecule has 1 saturated heterocycles. The molecule has 25 heavy (non-hydrogen) atoms. The first-order valence-electron chi connectivity index (χ1n) is 8.07. The van der Waals surface area contributed by atoms with Crippen molar-refractivity contribution in [2.75, 3.05) is 25.1 Å². The number of amides is 2. The summed E-state index contributed by atoms with van der Waals surface area (Å²) < 4.78 is 5.74. The lowest BCUT2D eigenvalue weighted by Gasteiger charge is -2.18. The second-order valence-electron chi connectivity index (χ2n) is 5.84. The predicted octanol–water partition coefficient (Wildman–Crippen LogP) is 0.917. The van der Waals surface area contributed by atoms with Gasteiger partial charge in [-0.3, -0.25) is 20.4 Å². The first kappa shape index (κ1) is 16.8. The highest BCUT2D eigenvalue weighted by Crippen LogP contribution is 2.17. The van der Waals surface area contributed by atoms with Gasteiger partial charge in [-0.05, 0) is 36.2 Å². The molecule has 1 aliphatic rings. The summed E-state index contributed by atoms with van der Waals surface area (Å²) in [5.74, 6) is 0.401. The maximum Gasteiger partial charge on any atom is 0.251 e. The Hall–Kier alpha value is -3.09. The second-order valence-corrected chi connectivity index (χ2v) is 5.84. The van der Waals surface area contributed by atoms with Crippen molar-refractivity contribution >= 4 is 17.6 Å². The van der Waals surface area contributed by atoms with Crippen LogP contribution in [0.4, 0.5) is 5.82 Å². The molecule has 1 fully saturated rings. The van der Waals surface area contributed by atoms with Crippen molar-refractivity contribution < 1.29 is 14.3 Å². The fourth-order valence-corrected chi connectivity index (χ4v) is 2.55. The van der Waals surface area contributed by atoms with Crippen LogP contribution in [0.3, 0.4) is 0 Å². The van der Waals surface area contributed by atoms with Crippen LogP contribution >= 0.6 is 0 Å². The van der Waals surface area contributed by atoms with Gasteiger partial charge in [0, 0.05) is 13.2 Å². The summed E-state index contributed by atoms with van der Waals surface area (Å²) in [6, 6.07) is 13.2. The summed E-state index contributed by atoms with van der Waals surface area (Å²) in [4.78, 5) is 29.4. The molecule has 0 aliphatic carbocycles. The zero-order chi connectivity index (χ0) is 17.6. The van der Waals surface area contributed by atoms with Gasteiger partial charge in [-0.25, -0.2) is 4.98 Å². The van der Waals surface area contributed by atoms with Gasteiger partial charge in [0.15, 0.2) is 0 Å². The van der Waals surface area contributed by atoms with Gasteiger partial charge in [-0.15, -0.1) is 0 Å². The summed E-state index contributed by atoms with van der Waals surface area (Å²) in [5, 5.41) is 0. The maximum absolute atomic E-state index is 11.5. The van der Waals surface area contributed by atoms with E-state index >= 15 is 0 Å². The molecule has 130 valence electrons. The van der Waals surface area contributed by atoms with E-state index in [0.717, 1.165) is 17.1 Å². The van der Waals surface area contributed by atoms with Crippen LogP contribution in [0.5, 0.6) is 5.75 Å². The predicted molar refractivity (Wildman–Crippen MR) is 92.9 cm³/mol. The van der Waals surface area contributed by atoms with E-state index in [1.54, 1.807) is 6.20 Å². The second kappa shape index (κ2) is 7.65. The number of ether oxygens (including phenoxy) is 1. The van der Waals surface area contributed by atoms with E-state index in [1.165, 1.54) is 0 Å². The van der Waals surface area contributed by atoms with Crippen LogP contribution in [-0.4, -0.2) is 37.0 Å². The topological polar surface area (TPSA) is 83.6 Å². The Morgan fingerprint density at radius 3 is 2.44 bits per heavy atom. The highest BCUT2D eigenvalue weighted by atomic mass is 16.5. The minimum Gasteiger partial charge on any atom is -0.492 e. The van der Waals surface area contributed by atoms with Gasteiger partial charge in [0.1, 0.15) is 24.1 Å². The molecule has 0 saturated carbocycles. The van der Waals surface area contributed by atoms with E-state index in [1.807, 2.05) is 54.4 Å². The Morgan fingerprint density at radius 2 is 1.80 bits per heavy atom. The monoisotopic (exact) mass is 340 g/mol. The van der Waals surface area contributed by atoms with E-state index < -0.39 is 5.92 Å². The summed E-state index contributed by atoms with van der Waals surface area (Å²) in [6.07, 6.45) is 2.14. The van der Waals surface area contributed by atoms with E-state index in [0.29, 0.717) is 19.6 Å². The van der Waals surface area contributed by atoms with Crippen molar-refractivity contribution in [3.05, 3.63) is 54.2 Å². The number of nitrogens with one attached hydrogen (secondary N) is 2. The number of benzene rings is 1. The number of pyridine rings is 1. The molecule has 3 rings (SSSR count). The quantitative estimate of drug-likeness (QED) is 0.732. The molecule has 1 aliphatic heterocycles. The molecule has 7 nitrogen and oxygen atoms in total. The van der Waals surface area contributed by atoms with Crippen molar-refractivity contribution in [3.63, 3.8) is 0 Å². The van der Waals surface area contributed by atoms with Crippen molar-refractivity contribution in [1.29, 1.82) is 0 Å². The number of hydrazine groups is 1. The van der Waals surface area contributed by atoms with Crippen LogP contribution < -0.4 is 20.5 Å². The number of hydrogen-bond acceptors (Lipinski definition) is 5. The summed E-state index contributed by atoms with van der Waals surface area (Å²) in [6.45, 7) is 1.24. The smallest absolute Gasteiger partial charge is 0.251 e. The molecule has 0 unspecified atom stereocenters. The fourth-order valence-electron chi connectivity index (χ4n) is 2.55. The molecule has 1 aromatic carbocycles. The Kier molecular flexibility index (Phi) is 5.13. The van der Waals surface area contributed by atoms with Gasteiger partial charge in [-0.2, -0.15) is 0 Å². The number of carbonyl (C=O) groups excluding carboxylic acids is 2. The maximum atomic E-state index is 11.5. The van der Waals surface area contributed by atoms with E-state index in [-0.39, 0.29) is 11.8 Å². The van der Waals surface area contributed by atoms with Crippen LogP contribution in [0.15, 0.2) is 48.7 Å². The normalized spacial score (nSPS) is 14.1. The molecule has 2 aromatic rings. The number of hydrogen-bond donors (Lipinski definition) is 2. The van der Waals surface area contributed by atoms with Crippen molar-refractivity contribution in [2.24, 2.45) is 5.92 Å². The minimum absolute atomic E-state index is 0.289. The summed E-state index contributed by atoms with van der Waals surface area (Å²) in [5.41, 5.74) is 5.57. The third-order valence-corrected chi connectivity index (χ3v) is 4.04. The highest BCUT2D eigenvalue weighted by Gasteiger charge is 2.32. The number of likely N-dealkylation sites (N-methyl/N-ethyl adjacent to an activating group) is 1. The molecular formula is C18H20N4O3. The van der Waals surface area contributed by atoms with Crippen molar-refractivity contribution in [3.8, 4) is 5.75 Å². The molecule has 1 aromatic heterocycles. The Labute approximate surface area is 146 Å².